The molecule has 0 saturated heterocycles. The molecule has 3 rings (SSSR count). The zero-order chi connectivity index (χ0) is 13.9. The molecule has 4 nitrogen and oxygen atoms in total. The lowest BCUT2D eigenvalue weighted by Crippen LogP contribution is -2.12. The number of rotatable bonds is 2. The first-order valence-electron chi connectivity index (χ1n) is 6.01. The summed E-state index contributed by atoms with van der Waals surface area (Å²) in [6.07, 6.45) is 2.95. The SMILES string of the molecule is O=C(Nc1cccc2ncccc12)c1ccnc(F)c1. The molecule has 0 spiro atoms. The third-order valence-corrected chi connectivity index (χ3v) is 2.88. The van der Waals surface area contributed by atoms with Gasteiger partial charge >= 0.3 is 0 Å². The minimum absolute atomic E-state index is 0.221. The van der Waals surface area contributed by atoms with Crippen molar-refractivity contribution in [2.24, 2.45) is 0 Å². The zero-order valence-electron chi connectivity index (χ0n) is 10.4. The van der Waals surface area contributed by atoms with Crippen LogP contribution in [0.1, 0.15) is 10.4 Å². The van der Waals surface area contributed by atoms with Crippen molar-refractivity contribution in [2.45, 2.75) is 0 Å². The fraction of sp³-hybridized carbons (Fsp3) is 0. The molecular formula is C15H10FN3O. The molecule has 0 saturated carbocycles. The van der Waals surface area contributed by atoms with Gasteiger partial charge in [-0.05, 0) is 30.3 Å². The molecule has 20 heavy (non-hydrogen) atoms. The second-order valence-electron chi connectivity index (χ2n) is 4.20. The fourth-order valence-electron chi connectivity index (χ4n) is 1.95. The Kier molecular flexibility index (Phi) is 3.09. The first-order chi connectivity index (χ1) is 9.74. The molecule has 0 aliphatic heterocycles. The Balaban J connectivity index is 1.95. The Morgan fingerprint density at radius 3 is 2.80 bits per heavy atom. The lowest BCUT2D eigenvalue weighted by Gasteiger charge is -2.08. The van der Waals surface area contributed by atoms with E-state index in [0.29, 0.717) is 5.69 Å². The molecule has 0 atom stereocenters. The van der Waals surface area contributed by atoms with Crippen LogP contribution < -0.4 is 5.32 Å². The summed E-state index contributed by atoms with van der Waals surface area (Å²) in [4.78, 5) is 19.7. The van der Waals surface area contributed by atoms with Gasteiger partial charge in [0.2, 0.25) is 5.95 Å². The van der Waals surface area contributed by atoms with E-state index in [2.05, 4.69) is 15.3 Å². The summed E-state index contributed by atoms with van der Waals surface area (Å²) in [5.41, 5.74) is 1.64. The number of hydrogen-bond donors (Lipinski definition) is 1. The molecule has 2 heterocycles. The minimum Gasteiger partial charge on any atom is -0.321 e. The van der Waals surface area contributed by atoms with Crippen molar-refractivity contribution >= 4 is 22.5 Å². The second-order valence-corrected chi connectivity index (χ2v) is 4.20. The third-order valence-electron chi connectivity index (χ3n) is 2.88. The predicted molar refractivity (Wildman–Crippen MR) is 73.9 cm³/mol. The van der Waals surface area contributed by atoms with Crippen molar-refractivity contribution in [3.8, 4) is 0 Å². The molecular weight excluding hydrogens is 257 g/mol. The highest BCUT2D eigenvalue weighted by atomic mass is 19.1. The van der Waals surface area contributed by atoms with Gasteiger partial charge in [0.15, 0.2) is 0 Å². The molecule has 0 aliphatic rings. The summed E-state index contributed by atoms with van der Waals surface area (Å²) >= 11 is 0. The number of aromatic nitrogens is 2. The molecule has 0 bridgehead atoms. The maximum absolute atomic E-state index is 13.0. The van der Waals surface area contributed by atoms with Crippen LogP contribution in [0.5, 0.6) is 0 Å². The number of nitrogens with one attached hydrogen (secondary N) is 1. The van der Waals surface area contributed by atoms with Crippen LogP contribution in [-0.2, 0) is 0 Å². The van der Waals surface area contributed by atoms with E-state index < -0.39 is 5.95 Å². The number of halogens is 1. The van der Waals surface area contributed by atoms with E-state index in [-0.39, 0.29) is 11.5 Å². The molecule has 0 unspecified atom stereocenters. The van der Waals surface area contributed by atoms with Crippen LogP contribution in [-0.4, -0.2) is 15.9 Å². The highest BCUT2D eigenvalue weighted by molar-refractivity contribution is 6.08. The fourth-order valence-corrected chi connectivity index (χ4v) is 1.95. The van der Waals surface area contributed by atoms with Gasteiger partial charge < -0.3 is 5.32 Å². The molecule has 98 valence electrons. The lowest BCUT2D eigenvalue weighted by molar-refractivity contribution is 0.102. The van der Waals surface area contributed by atoms with E-state index in [1.54, 1.807) is 24.4 Å². The van der Waals surface area contributed by atoms with E-state index in [0.717, 1.165) is 17.0 Å². The topological polar surface area (TPSA) is 54.9 Å². The molecule has 1 amide bonds. The van der Waals surface area contributed by atoms with E-state index >= 15 is 0 Å². The maximum Gasteiger partial charge on any atom is 0.255 e. The van der Waals surface area contributed by atoms with Crippen LogP contribution in [0.2, 0.25) is 0 Å². The van der Waals surface area contributed by atoms with Crippen LogP contribution in [0.4, 0.5) is 10.1 Å². The monoisotopic (exact) mass is 267 g/mol. The van der Waals surface area contributed by atoms with Crippen molar-refractivity contribution < 1.29 is 9.18 Å². The van der Waals surface area contributed by atoms with Gasteiger partial charge in [-0.25, -0.2) is 4.98 Å². The van der Waals surface area contributed by atoms with Crippen molar-refractivity contribution in [2.75, 3.05) is 5.32 Å². The number of carbonyl (C=O) groups excluding carboxylic acids is 1. The van der Waals surface area contributed by atoms with Gasteiger partial charge in [-0.1, -0.05) is 6.07 Å². The molecule has 0 fully saturated rings. The van der Waals surface area contributed by atoms with Crippen molar-refractivity contribution in [3.63, 3.8) is 0 Å². The third kappa shape index (κ3) is 2.33. The average molecular weight is 267 g/mol. The van der Waals surface area contributed by atoms with E-state index in [4.69, 9.17) is 0 Å². The summed E-state index contributed by atoms with van der Waals surface area (Å²) in [5, 5.41) is 3.59. The van der Waals surface area contributed by atoms with E-state index in [9.17, 15) is 9.18 Å². The number of amides is 1. The Morgan fingerprint density at radius 1 is 1.05 bits per heavy atom. The quantitative estimate of drug-likeness (QED) is 0.726. The van der Waals surface area contributed by atoms with Gasteiger partial charge in [0.25, 0.3) is 5.91 Å². The molecule has 1 aromatic carbocycles. The summed E-state index contributed by atoms with van der Waals surface area (Å²) in [7, 11) is 0. The average Bonchev–Trinajstić information content (AvgIpc) is 2.47. The Morgan fingerprint density at radius 2 is 1.95 bits per heavy atom. The normalized spacial score (nSPS) is 10.4. The Labute approximate surface area is 114 Å². The van der Waals surface area contributed by atoms with Gasteiger partial charge in [-0.3, -0.25) is 9.78 Å². The maximum atomic E-state index is 13.0. The summed E-state index contributed by atoms with van der Waals surface area (Å²) in [6.45, 7) is 0. The number of anilines is 1. The van der Waals surface area contributed by atoms with Crippen molar-refractivity contribution in [1.29, 1.82) is 0 Å². The zero-order valence-corrected chi connectivity index (χ0v) is 10.4. The van der Waals surface area contributed by atoms with Gasteiger partial charge in [0.1, 0.15) is 0 Å². The number of fused-ring (bicyclic) bond motifs is 1. The first-order valence-corrected chi connectivity index (χ1v) is 6.01. The smallest absolute Gasteiger partial charge is 0.255 e. The molecule has 0 aliphatic carbocycles. The molecule has 5 heteroatoms. The van der Waals surface area contributed by atoms with Crippen LogP contribution in [0, 0.1) is 5.95 Å². The number of hydrogen-bond acceptors (Lipinski definition) is 3. The highest BCUT2D eigenvalue weighted by Crippen LogP contribution is 2.21. The van der Waals surface area contributed by atoms with Crippen LogP contribution in [0.25, 0.3) is 10.9 Å². The van der Waals surface area contributed by atoms with E-state index in [1.807, 2.05) is 12.1 Å². The minimum atomic E-state index is -0.683. The molecule has 1 N–H and O–H groups in total. The summed E-state index contributed by atoms with van der Waals surface area (Å²) in [5.74, 6) is -1.07. The Bertz CT molecular complexity index is 783. The number of pyridine rings is 2. The molecule has 3 aromatic rings. The van der Waals surface area contributed by atoms with Gasteiger partial charge in [-0.2, -0.15) is 4.39 Å². The van der Waals surface area contributed by atoms with Gasteiger partial charge in [-0.15, -0.1) is 0 Å². The highest BCUT2D eigenvalue weighted by Gasteiger charge is 2.09. The summed E-state index contributed by atoms with van der Waals surface area (Å²) in [6, 6.07) is 11.7. The predicted octanol–water partition coefficient (Wildman–Crippen LogP) is 3.02. The van der Waals surface area contributed by atoms with Crippen molar-refractivity contribution in [1.82, 2.24) is 9.97 Å². The lowest BCUT2D eigenvalue weighted by atomic mass is 10.1. The summed E-state index contributed by atoms with van der Waals surface area (Å²) < 4.78 is 13.0. The Hall–Kier alpha value is -2.82. The van der Waals surface area contributed by atoms with Crippen LogP contribution in [0.3, 0.4) is 0 Å². The number of nitrogens with zero attached hydrogens (tertiary/aromatic N) is 2. The van der Waals surface area contributed by atoms with E-state index in [1.165, 1.54) is 12.3 Å². The standard InChI is InChI=1S/C15H10FN3O/c16-14-9-10(6-8-18-14)15(20)19-13-5-1-4-12-11(13)3-2-7-17-12/h1-9H,(H,19,20). The first kappa shape index (κ1) is 12.2. The van der Waals surface area contributed by atoms with Gasteiger partial charge in [0.05, 0.1) is 11.2 Å². The number of benzene rings is 1. The number of carbonyl (C=O) groups is 1. The largest absolute Gasteiger partial charge is 0.321 e. The molecule has 2 aromatic heterocycles. The van der Waals surface area contributed by atoms with Crippen molar-refractivity contribution in [3.05, 3.63) is 66.4 Å². The van der Waals surface area contributed by atoms with Gasteiger partial charge in [0, 0.05) is 29.4 Å². The van der Waals surface area contributed by atoms with Crippen LogP contribution in [0.15, 0.2) is 54.9 Å². The second kappa shape index (κ2) is 5.05. The molecule has 0 radical (unpaired) electrons. The van der Waals surface area contributed by atoms with Crippen LogP contribution >= 0.6 is 0 Å².